The number of carbonyl (C=O) groups excluding carboxylic acids is 1. The maximum Gasteiger partial charge on any atom is 0.220 e. The van der Waals surface area contributed by atoms with E-state index in [1.165, 1.54) is 57.8 Å². The molecule has 17 unspecified atom stereocenters. The molecule has 3 heterocycles. The minimum absolute atomic E-state index is 0.197. The minimum Gasteiger partial charge on any atom is -0.394 e. The molecule has 12 N–H and O–H groups in total. The molecule has 3 saturated heterocycles. The van der Waals surface area contributed by atoms with Crippen LogP contribution in [-0.2, 0) is 33.2 Å². The molecule has 0 bridgehead atoms. The van der Waals surface area contributed by atoms with Crippen LogP contribution in [0.25, 0.3) is 0 Å². The standard InChI is InChI=1S/C65H109NO18/c1-3-5-7-9-11-13-15-17-19-20-21-22-23-24-25-26-27-28-29-31-33-35-37-39-41-43-53(71)66-48(49(70)42-40-38-36-34-32-30-18-16-14-12-10-8-6-4-2)47-79-63-59(77)56(74)61(51(45-68)81-63)84-65-60(78)57(75)62(52(46-69)82-65)83-64-58(76)55(73)54(72)50(44-67)80-64/h5,7,11,13,17,19,21-22,24-25,27-28,31,33,40,42,48-52,54-65,67-70,72-78H,3-4,6,8-10,12,14-16,18,20,23,26,29-30,32,34-39,41,43-47H2,1-2H3,(H,66,71)/b7-5-,13-11-,19-17-,22-21-,25-24-,28-27-,33-31-,42-40+. The Kier molecular flexibility index (Phi) is 41.8. The number of hydrogen-bond donors (Lipinski definition) is 12. The molecular weight excluding hydrogens is 1080 g/mol. The van der Waals surface area contributed by atoms with E-state index in [4.69, 9.17) is 28.4 Å². The lowest BCUT2D eigenvalue weighted by Gasteiger charge is -2.48. The van der Waals surface area contributed by atoms with Gasteiger partial charge in [0.15, 0.2) is 18.9 Å². The van der Waals surface area contributed by atoms with Crippen LogP contribution in [0.3, 0.4) is 0 Å². The van der Waals surface area contributed by atoms with Gasteiger partial charge in [-0.25, -0.2) is 0 Å². The lowest BCUT2D eigenvalue weighted by molar-refractivity contribution is -0.379. The van der Waals surface area contributed by atoms with Gasteiger partial charge in [-0.1, -0.05) is 188 Å². The van der Waals surface area contributed by atoms with Crippen molar-refractivity contribution >= 4 is 5.91 Å². The maximum atomic E-state index is 13.3. The van der Waals surface area contributed by atoms with Crippen LogP contribution in [0.2, 0.25) is 0 Å². The topological polar surface area (TPSA) is 307 Å². The van der Waals surface area contributed by atoms with E-state index < -0.39 is 124 Å². The van der Waals surface area contributed by atoms with E-state index >= 15 is 0 Å². The summed E-state index contributed by atoms with van der Waals surface area (Å²) in [5.74, 6) is -0.313. The number of rotatable bonds is 45. The van der Waals surface area contributed by atoms with E-state index in [-0.39, 0.29) is 18.9 Å². The molecule has 84 heavy (non-hydrogen) atoms. The number of nitrogens with one attached hydrogen (secondary N) is 1. The molecule has 3 fully saturated rings. The Balaban J connectivity index is 1.49. The molecule has 1 amide bonds. The number of hydrogen-bond acceptors (Lipinski definition) is 18. The van der Waals surface area contributed by atoms with Crippen molar-refractivity contribution in [2.75, 3.05) is 26.4 Å². The Bertz CT molecular complexity index is 1910. The molecule has 482 valence electrons. The van der Waals surface area contributed by atoms with Crippen LogP contribution >= 0.6 is 0 Å². The Hall–Kier alpha value is -3.29. The summed E-state index contributed by atoms with van der Waals surface area (Å²) in [6, 6.07) is -0.997. The molecule has 0 spiro atoms. The maximum absolute atomic E-state index is 13.3. The third-order valence-electron chi connectivity index (χ3n) is 15.1. The first-order valence-electron chi connectivity index (χ1n) is 31.5. The first-order chi connectivity index (χ1) is 40.8. The van der Waals surface area contributed by atoms with Crippen molar-refractivity contribution in [2.45, 2.75) is 279 Å². The molecule has 0 radical (unpaired) electrons. The van der Waals surface area contributed by atoms with Crippen molar-refractivity contribution in [3.05, 3.63) is 97.2 Å². The van der Waals surface area contributed by atoms with Crippen molar-refractivity contribution in [1.29, 1.82) is 0 Å². The summed E-state index contributed by atoms with van der Waals surface area (Å²) in [7, 11) is 0. The first kappa shape index (κ1) is 75.0. The van der Waals surface area contributed by atoms with Gasteiger partial charge in [0, 0.05) is 6.42 Å². The monoisotopic (exact) mass is 1190 g/mol. The molecule has 3 aliphatic rings. The van der Waals surface area contributed by atoms with Crippen LogP contribution in [0.4, 0.5) is 0 Å². The van der Waals surface area contributed by atoms with Crippen molar-refractivity contribution in [1.82, 2.24) is 5.32 Å². The molecule has 0 aromatic carbocycles. The van der Waals surface area contributed by atoms with Gasteiger partial charge in [-0.05, 0) is 77.0 Å². The fourth-order valence-corrected chi connectivity index (χ4v) is 9.99. The van der Waals surface area contributed by atoms with Gasteiger partial charge in [0.05, 0.1) is 38.6 Å². The highest BCUT2D eigenvalue weighted by Gasteiger charge is 2.53. The lowest BCUT2D eigenvalue weighted by Crippen LogP contribution is -2.66. The van der Waals surface area contributed by atoms with Crippen LogP contribution in [-0.4, -0.2) is 193 Å². The van der Waals surface area contributed by atoms with Crippen LogP contribution in [0.1, 0.15) is 174 Å². The smallest absolute Gasteiger partial charge is 0.220 e. The molecule has 0 aromatic rings. The number of carbonyl (C=O) groups is 1. The highest BCUT2D eigenvalue weighted by Crippen LogP contribution is 2.33. The summed E-state index contributed by atoms with van der Waals surface area (Å²) < 4.78 is 34.2. The normalized spacial score (nSPS) is 29.8. The average molecular weight is 1190 g/mol. The van der Waals surface area contributed by atoms with Crippen molar-refractivity contribution < 1.29 is 89.4 Å². The van der Waals surface area contributed by atoms with Gasteiger partial charge in [-0.2, -0.15) is 0 Å². The highest BCUT2D eigenvalue weighted by molar-refractivity contribution is 5.76. The Morgan fingerprint density at radius 1 is 0.440 bits per heavy atom. The molecule has 0 aromatic heterocycles. The summed E-state index contributed by atoms with van der Waals surface area (Å²) in [6.45, 7) is 1.56. The summed E-state index contributed by atoms with van der Waals surface area (Å²) in [5, 5.41) is 120. The zero-order chi connectivity index (χ0) is 61.2. The Labute approximate surface area is 501 Å². The first-order valence-corrected chi connectivity index (χ1v) is 31.5. The van der Waals surface area contributed by atoms with Gasteiger partial charge in [0.1, 0.15) is 73.2 Å². The molecule has 19 heteroatoms. The molecule has 19 nitrogen and oxygen atoms in total. The van der Waals surface area contributed by atoms with Crippen LogP contribution in [0.5, 0.6) is 0 Å². The molecule has 17 atom stereocenters. The summed E-state index contributed by atoms with van der Waals surface area (Å²) in [6.07, 6.45) is 32.4. The summed E-state index contributed by atoms with van der Waals surface area (Å²) in [5.41, 5.74) is 0. The van der Waals surface area contributed by atoms with Gasteiger partial charge in [-0.15, -0.1) is 0 Å². The van der Waals surface area contributed by atoms with Crippen molar-refractivity contribution in [2.24, 2.45) is 0 Å². The molecule has 0 saturated carbocycles. The Morgan fingerprint density at radius 2 is 0.821 bits per heavy atom. The molecular formula is C65H109NO18. The van der Waals surface area contributed by atoms with Gasteiger partial charge < -0.3 is 89.9 Å². The second kappa shape index (κ2) is 46.8. The van der Waals surface area contributed by atoms with Crippen LogP contribution in [0, 0.1) is 0 Å². The summed E-state index contributed by atoms with van der Waals surface area (Å²) >= 11 is 0. The quantitative estimate of drug-likeness (QED) is 0.0228. The third-order valence-corrected chi connectivity index (χ3v) is 15.1. The van der Waals surface area contributed by atoms with E-state index in [0.29, 0.717) is 6.42 Å². The van der Waals surface area contributed by atoms with Crippen LogP contribution in [0.15, 0.2) is 97.2 Å². The number of amides is 1. The van der Waals surface area contributed by atoms with Gasteiger partial charge in [0.25, 0.3) is 0 Å². The fraction of sp³-hybridized carbons (Fsp3) is 0.738. The number of aliphatic hydroxyl groups excluding tert-OH is 11. The van der Waals surface area contributed by atoms with Gasteiger partial charge >= 0.3 is 0 Å². The number of aliphatic hydroxyl groups is 11. The number of unbranched alkanes of at least 4 members (excludes halogenated alkanes) is 15. The fourth-order valence-electron chi connectivity index (χ4n) is 9.99. The summed E-state index contributed by atoms with van der Waals surface area (Å²) in [4.78, 5) is 13.3. The SMILES string of the molecule is CC/C=C\C/C=C\C/C=C\C/C=C\C/C=C\C/C=C\C/C=C\CCCCCC(=O)NC(COC1OC(CO)C(OC2OC(CO)C(OC3OC(CO)C(O)C(O)C3O)C(O)C2O)C(O)C1O)C(O)/C=C/CCCCCCCCCCCCCC. The highest BCUT2D eigenvalue weighted by atomic mass is 16.8. The second-order valence-electron chi connectivity index (χ2n) is 22.1. The largest absolute Gasteiger partial charge is 0.394 e. The predicted octanol–water partition coefficient (Wildman–Crippen LogP) is 6.54. The number of allylic oxidation sites excluding steroid dienone is 15. The van der Waals surface area contributed by atoms with E-state index in [1.807, 2.05) is 6.08 Å². The van der Waals surface area contributed by atoms with E-state index in [0.717, 1.165) is 89.9 Å². The second-order valence-corrected chi connectivity index (χ2v) is 22.1. The third kappa shape index (κ3) is 29.6. The minimum atomic E-state index is -1.99. The molecule has 3 aliphatic heterocycles. The number of ether oxygens (including phenoxy) is 6. The van der Waals surface area contributed by atoms with Crippen LogP contribution < -0.4 is 5.32 Å². The molecule has 0 aliphatic carbocycles. The average Bonchev–Trinajstić information content (AvgIpc) is 3.68. The van der Waals surface area contributed by atoms with E-state index in [9.17, 15) is 61.0 Å². The zero-order valence-corrected chi connectivity index (χ0v) is 50.3. The lowest BCUT2D eigenvalue weighted by atomic mass is 9.96. The van der Waals surface area contributed by atoms with Gasteiger partial charge in [0.2, 0.25) is 5.91 Å². The van der Waals surface area contributed by atoms with Gasteiger partial charge in [-0.3, -0.25) is 4.79 Å². The zero-order valence-electron chi connectivity index (χ0n) is 50.3. The van der Waals surface area contributed by atoms with E-state index in [2.05, 4.69) is 104 Å². The predicted molar refractivity (Wildman–Crippen MR) is 323 cm³/mol. The van der Waals surface area contributed by atoms with Crippen molar-refractivity contribution in [3.63, 3.8) is 0 Å². The Morgan fingerprint density at radius 3 is 1.29 bits per heavy atom. The molecule has 3 rings (SSSR count). The van der Waals surface area contributed by atoms with E-state index in [1.54, 1.807) is 6.08 Å². The van der Waals surface area contributed by atoms with Crippen molar-refractivity contribution in [3.8, 4) is 0 Å².